The summed E-state index contributed by atoms with van der Waals surface area (Å²) in [5.74, 6) is -0.523. The first-order valence-corrected chi connectivity index (χ1v) is 3.34. The number of halogens is 1. The molecule has 1 aromatic carbocycles. The molecule has 0 atom stereocenters. The number of carbonyl (C=O) groups is 1. The van der Waals surface area contributed by atoms with Gasteiger partial charge in [-0.25, -0.2) is 4.39 Å². The number of carbonyl (C=O) groups excluding carboxylic acids is 1. The van der Waals surface area contributed by atoms with Crippen LogP contribution in [0, 0.1) is 5.82 Å². The van der Waals surface area contributed by atoms with Gasteiger partial charge in [0, 0.05) is 5.56 Å². The monoisotopic (exact) mass is 166 g/mol. The van der Waals surface area contributed by atoms with Crippen LogP contribution in [0.4, 0.5) is 4.39 Å². The number of aldehydes is 1. The van der Waals surface area contributed by atoms with Crippen molar-refractivity contribution in [1.29, 1.82) is 0 Å². The number of aliphatic hydroxyl groups excluding tert-OH is 1. The number of allylic oxidation sites excluding steroid dienone is 1. The molecule has 0 spiro atoms. The van der Waals surface area contributed by atoms with Gasteiger partial charge in [-0.3, -0.25) is 4.79 Å². The van der Waals surface area contributed by atoms with Gasteiger partial charge in [0.1, 0.15) is 5.82 Å². The summed E-state index contributed by atoms with van der Waals surface area (Å²) >= 11 is 0. The molecule has 0 fully saturated rings. The molecule has 12 heavy (non-hydrogen) atoms. The Morgan fingerprint density at radius 3 is 2.58 bits per heavy atom. The topological polar surface area (TPSA) is 37.3 Å². The van der Waals surface area contributed by atoms with Crippen molar-refractivity contribution in [3.8, 4) is 0 Å². The normalized spacial score (nSPS) is 11.2. The lowest BCUT2D eigenvalue weighted by Gasteiger charge is -1.98. The van der Waals surface area contributed by atoms with E-state index in [1.165, 1.54) is 18.2 Å². The lowest BCUT2D eigenvalue weighted by molar-refractivity contribution is -0.103. The molecule has 0 radical (unpaired) electrons. The Hall–Kier alpha value is -1.64. The average molecular weight is 166 g/mol. The standard InChI is InChI=1S/C9H7FO2/c10-9-4-2-1-3-8(9)7(5-11)6-12/h1-6,11H/b7-5+. The third-order valence-electron chi connectivity index (χ3n) is 1.45. The van der Waals surface area contributed by atoms with E-state index in [4.69, 9.17) is 5.11 Å². The van der Waals surface area contributed by atoms with Crippen LogP contribution in [0.5, 0.6) is 0 Å². The van der Waals surface area contributed by atoms with Crippen LogP contribution < -0.4 is 0 Å². The second-order valence-corrected chi connectivity index (χ2v) is 2.18. The number of hydrogen-bond acceptors (Lipinski definition) is 2. The van der Waals surface area contributed by atoms with Crippen LogP contribution in [0.25, 0.3) is 5.57 Å². The molecule has 2 nitrogen and oxygen atoms in total. The van der Waals surface area contributed by atoms with Crippen LogP contribution in [0.2, 0.25) is 0 Å². The molecule has 0 aliphatic rings. The highest BCUT2D eigenvalue weighted by Crippen LogP contribution is 2.14. The molecule has 0 aliphatic heterocycles. The van der Waals surface area contributed by atoms with Crippen LogP contribution in [0.15, 0.2) is 30.5 Å². The van der Waals surface area contributed by atoms with Gasteiger partial charge in [0.15, 0.2) is 6.29 Å². The summed E-state index contributed by atoms with van der Waals surface area (Å²) in [6, 6.07) is 5.75. The summed E-state index contributed by atoms with van der Waals surface area (Å²) in [6.07, 6.45) is 0.990. The van der Waals surface area contributed by atoms with E-state index in [0.29, 0.717) is 12.5 Å². The fraction of sp³-hybridized carbons (Fsp3) is 0. The molecule has 62 valence electrons. The smallest absolute Gasteiger partial charge is 0.153 e. The molecule has 0 saturated carbocycles. The molecule has 1 aromatic rings. The highest BCUT2D eigenvalue weighted by molar-refractivity contribution is 6.06. The van der Waals surface area contributed by atoms with E-state index >= 15 is 0 Å². The van der Waals surface area contributed by atoms with Crippen molar-refractivity contribution in [2.24, 2.45) is 0 Å². The molecular weight excluding hydrogens is 159 g/mol. The van der Waals surface area contributed by atoms with Gasteiger partial charge in [-0.15, -0.1) is 0 Å². The van der Waals surface area contributed by atoms with Gasteiger partial charge in [0.2, 0.25) is 0 Å². The maximum atomic E-state index is 12.9. The number of rotatable bonds is 2. The van der Waals surface area contributed by atoms with Crippen molar-refractivity contribution >= 4 is 11.9 Å². The van der Waals surface area contributed by atoms with Crippen molar-refractivity contribution in [1.82, 2.24) is 0 Å². The molecule has 0 saturated heterocycles. The van der Waals surface area contributed by atoms with Gasteiger partial charge < -0.3 is 5.11 Å². The Labute approximate surface area is 69.0 Å². The van der Waals surface area contributed by atoms with E-state index in [0.717, 1.165) is 0 Å². The molecule has 0 bridgehead atoms. The Balaban J connectivity index is 3.18. The van der Waals surface area contributed by atoms with E-state index in [1.807, 2.05) is 0 Å². The van der Waals surface area contributed by atoms with Gasteiger partial charge >= 0.3 is 0 Å². The fourth-order valence-electron chi connectivity index (χ4n) is 0.859. The first-order chi connectivity index (χ1) is 5.79. The van der Waals surface area contributed by atoms with Gasteiger partial charge in [-0.2, -0.15) is 0 Å². The predicted molar refractivity (Wildman–Crippen MR) is 43.1 cm³/mol. The lowest BCUT2D eigenvalue weighted by Crippen LogP contribution is -1.90. The zero-order valence-corrected chi connectivity index (χ0v) is 6.20. The second-order valence-electron chi connectivity index (χ2n) is 2.18. The maximum Gasteiger partial charge on any atom is 0.153 e. The van der Waals surface area contributed by atoms with Crippen LogP contribution in [-0.2, 0) is 4.79 Å². The third-order valence-corrected chi connectivity index (χ3v) is 1.45. The molecule has 0 heterocycles. The van der Waals surface area contributed by atoms with Gasteiger partial charge in [0.25, 0.3) is 0 Å². The van der Waals surface area contributed by atoms with Crippen molar-refractivity contribution in [2.45, 2.75) is 0 Å². The molecule has 3 heteroatoms. The molecule has 0 unspecified atom stereocenters. The first kappa shape index (κ1) is 8.46. The number of hydrogen-bond donors (Lipinski definition) is 1. The second kappa shape index (κ2) is 3.67. The fourth-order valence-corrected chi connectivity index (χ4v) is 0.859. The minimum Gasteiger partial charge on any atom is -0.515 e. The predicted octanol–water partition coefficient (Wildman–Crippen LogP) is 1.92. The highest BCUT2D eigenvalue weighted by Gasteiger charge is 2.04. The summed E-state index contributed by atoms with van der Waals surface area (Å²) < 4.78 is 12.9. The van der Waals surface area contributed by atoms with E-state index in [1.54, 1.807) is 6.07 Å². The molecule has 0 amide bonds. The zero-order valence-electron chi connectivity index (χ0n) is 6.20. The van der Waals surface area contributed by atoms with Crippen LogP contribution in [0.1, 0.15) is 5.56 Å². The molecule has 0 aliphatic carbocycles. The summed E-state index contributed by atoms with van der Waals surface area (Å²) in [6.45, 7) is 0. The minimum absolute atomic E-state index is 0.0619. The summed E-state index contributed by atoms with van der Waals surface area (Å²) in [4.78, 5) is 10.3. The quantitative estimate of drug-likeness (QED) is 0.414. The van der Waals surface area contributed by atoms with Crippen LogP contribution in [-0.4, -0.2) is 11.4 Å². The number of aliphatic hydroxyl groups is 1. The molecular formula is C9H7FO2. The molecule has 0 aromatic heterocycles. The Morgan fingerprint density at radius 2 is 2.08 bits per heavy atom. The van der Waals surface area contributed by atoms with E-state index < -0.39 is 5.82 Å². The summed E-state index contributed by atoms with van der Waals surface area (Å²) in [7, 11) is 0. The average Bonchev–Trinajstić information content (AvgIpc) is 2.10. The number of benzene rings is 1. The van der Waals surface area contributed by atoms with E-state index in [9.17, 15) is 9.18 Å². The Morgan fingerprint density at radius 1 is 1.42 bits per heavy atom. The van der Waals surface area contributed by atoms with Crippen molar-refractivity contribution < 1.29 is 14.3 Å². The van der Waals surface area contributed by atoms with Crippen molar-refractivity contribution in [2.75, 3.05) is 0 Å². The van der Waals surface area contributed by atoms with Gasteiger partial charge in [0.05, 0.1) is 11.8 Å². The molecule has 1 rings (SSSR count). The van der Waals surface area contributed by atoms with E-state index in [-0.39, 0.29) is 11.1 Å². The van der Waals surface area contributed by atoms with Gasteiger partial charge in [-0.1, -0.05) is 18.2 Å². The Kier molecular flexibility index (Phi) is 2.58. The maximum absolute atomic E-state index is 12.9. The lowest BCUT2D eigenvalue weighted by atomic mass is 10.1. The first-order valence-electron chi connectivity index (χ1n) is 3.34. The zero-order chi connectivity index (χ0) is 8.97. The van der Waals surface area contributed by atoms with E-state index in [2.05, 4.69) is 0 Å². The minimum atomic E-state index is -0.523. The SMILES string of the molecule is O=C/C(=C\O)c1ccccc1F. The largest absolute Gasteiger partial charge is 0.515 e. The summed E-state index contributed by atoms with van der Waals surface area (Å²) in [5.41, 5.74) is 0.0445. The summed E-state index contributed by atoms with van der Waals surface area (Å²) in [5, 5.41) is 8.54. The van der Waals surface area contributed by atoms with Crippen LogP contribution in [0.3, 0.4) is 0 Å². The molecule has 1 N–H and O–H groups in total. The third kappa shape index (κ3) is 1.50. The van der Waals surface area contributed by atoms with Crippen molar-refractivity contribution in [3.05, 3.63) is 41.9 Å². The van der Waals surface area contributed by atoms with Crippen LogP contribution >= 0.6 is 0 Å². The Bertz CT molecular complexity index is 318. The highest BCUT2D eigenvalue weighted by atomic mass is 19.1. The van der Waals surface area contributed by atoms with Crippen molar-refractivity contribution in [3.63, 3.8) is 0 Å². The van der Waals surface area contributed by atoms with Gasteiger partial charge in [-0.05, 0) is 6.07 Å².